The van der Waals surface area contributed by atoms with E-state index in [2.05, 4.69) is 15.1 Å². The number of aromatic amines is 1. The van der Waals surface area contributed by atoms with E-state index in [-0.39, 0.29) is 17.1 Å². The normalized spacial score (nSPS) is 28.4. The van der Waals surface area contributed by atoms with Gasteiger partial charge in [0.2, 0.25) is 0 Å². The molecule has 0 aromatic carbocycles. The molecule has 1 N–H and O–H groups in total. The Kier molecular flexibility index (Phi) is 3.24. The minimum absolute atomic E-state index is 0.168. The van der Waals surface area contributed by atoms with E-state index in [0.29, 0.717) is 13.1 Å². The van der Waals surface area contributed by atoms with Gasteiger partial charge in [0.25, 0.3) is 10.0 Å². The predicted octanol–water partition coefficient (Wildman–Crippen LogP) is 0.123. The second-order valence-electron chi connectivity index (χ2n) is 4.61. The number of hydrogen-bond acceptors (Lipinski definition) is 4. The molecule has 6 nitrogen and oxygen atoms in total. The molecule has 2 atom stereocenters. The fraction of sp³-hybridized carbons (Fsp3) is 0.700. The number of aromatic nitrogens is 2. The molecule has 0 amide bonds. The van der Waals surface area contributed by atoms with Crippen LogP contribution in [0.4, 0.5) is 0 Å². The van der Waals surface area contributed by atoms with Gasteiger partial charge in [0.1, 0.15) is 0 Å². The smallest absolute Gasteiger partial charge is 0.260 e. The summed E-state index contributed by atoms with van der Waals surface area (Å²) >= 11 is 0. The molecule has 1 saturated heterocycles. The van der Waals surface area contributed by atoms with Crippen molar-refractivity contribution in [3.05, 3.63) is 12.3 Å². The molecule has 1 aliphatic heterocycles. The van der Waals surface area contributed by atoms with E-state index in [4.69, 9.17) is 0 Å². The molecule has 96 valence electrons. The lowest BCUT2D eigenvalue weighted by Crippen LogP contribution is -2.56. The van der Waals surface area contributed by atoms with Gasteiger partial charge in [-0.15, -0.1) is 0 Å². The Labute approximate surface area is 102 Å². The fourth-order valence-electron chi connectivity index (χ4n) is 2.08. The van der Waals surface area contributed by atoms with Crippen LogP contribution in [-0.4, -0.2) is 60.0 Å². The molecule has 2 rings (SSSR count). The SMILES string of the molecule is CC1CN(S(=O)(=O)c2ccn[nH]2)CC(C)N1C. The van der Waals surface area contributed by atoms with Crippen molar-refractivity contribution in [1.29, 1.82) is 0 Å². The van der Waals surface area contributed by atoms with E-state index in [1.807, 2.05) is 20.9 Å². The molecule has 1 fully saturated rings. The number of rotatable bonds is 2. The first-order valence-corrected chi connectivity index (χ1v) is 7.08. The molecule has 0 radical (unpaired) electrons. The number of likely N-dealkylation sites (N-methyl/N-ethyl adjacent to an activating group) is 1. The zero-order chi connectivity index (χ0) is 12.6. The summed E-state index contributed by atoms with van der Waals surface area (Å²) in [5.74, 6) is 0. The van der Waals surface area contributed by atoms with Crippen LogP contribution in [0.15, 0.2) is 17.3 Å². The fourth-order valence-corrected chi connectivity index (χ4v) is 3.58. The van der Waals surface area contributed by atoms with Crippen LogP contribution >= 0.6 is 0 Å². The third-order valence-electron chi connectivity index (χ3n) is 3.42. The number of nitrogens with zero attached hydrogens (tertiary/aromatic N) is 3. The minimum atomic E-state index is -3.42. The van der Waals surface area contributed by atoms with Crippen LogP contribution in [-0.2, 0) is 10.0 Å². The molecule has 2 unspecified atom stereocenters. The highest BCUT2D eigenvalue weighted by molar-refractivity contribution is 7.89. The molecule has 17 heavy (non-hydrogen) atoms. The highest BCUT2D eigenvalue weighted by Gasteiger charge is 2.34. The van der Waals surface area contributed by atoms with Gasteiger partial charge in [-0.3, -0.25) is 10.00 Å². The predicted molar refractivity (Wildman–Crippen MR) is 64.0 cm³/mol. The van der Waals surface area contributed by atoms with Crippen LogP contribution in [0.5, 0.6) is 0 Å². The van der Waals surface area contributed by atoms with Crippen molar-refractivity contribution in [2.24, 2.45) is 0 Å². The number of nitrogens with one attached hydrogen (secondary N) is 1. The summed E-state index contributed by atoms with van der Waals surface area (Å²) < 4.78 is 26.1. The number of piperazine rings is 1. The molecule has 7 heteroatoms. The van der Waals surface area contributed by atoms with Crippen molar-refractivity contribution >= 4 is 10.0 Å². The monoisotopic (exact) mass is 258 g/mol. The maximum atomic E-state index is 12.3. The van der Waals surface area contributed by atoms with Gasteiger partial charge in [-0.1, -0.05) is 0 Å². The maximum Gasteiger partial charge on any atom is 0.260 e. The van der Waals surface area contributed by atoms with Gasteiger partial charge < -0.3 is 0 Å². The van der Waals surface area contributed by atoms with Gasteiger partial charge in [0.05, 0.1) is 6.20 Å². The lowest BCUT2D eigenvalue weighted by atomic mass is 10.1. The third kappa shape index (κ3) is 2.22. The summed E-state index contributed by atoms with van der Waals surface area (Å²) in [6, 6.07) is 1.93. The lowest BCUT2D eigenvalue weighted by molar-refractivity contribution is 0.105. The van der Waals surface area contributed by atoms with Crippen LogP contribution in [0.1, 0.15) is 13.8 Å². The molecule has 0 bridgehead atoms. The Hall–Kier alpha value is -0.920. The molecule has 0 saturated carbocycles. The first-order chi connectivity index (χ1) is 7.93. The van der Waals surface area contributed by atoms with Crippen molar-refractivity contribution in [2.45, 2.75) is 31.0 Å². The topological polar surface area (TPSA) is 69.3 Å². The van der Waals surface area contributed by atoms with E-state index >= 15 is 0 Å². The number of hydrogen-bond donors (Lipinski definition) is 1. The minimum Gasteiger partial charge on any atom is -0.298 e. The summed E-state index contributed by atoms with van der Waals surface area (Å²) in [6.07, 6.45) is 1.45. The van der Waals surface area contributed by atoms with Gasteiger partial charge in [-0.2, -0.15) is 9.40 Å². The Bertz CT molecular complexity index is 459. The largest absolute Gasteiger partial charge is 0.298 e. The summed E-state index contributed by atoms with van der Waals surface area (Å²) in [6.45, 7) is 5.10. The molecule has 0 spiro atoms. The first-order valence-electron chi connectivity index (χ1n) is 5.64. The summed E-state index contributed by atoms with van der Waals surface area (Å²) in [4.78, 5) is 2.19. The molecule has 2 heterocycles. The molecular formula is C10H18N4O2S. The van der Waals surface area contributed by atoms with Crippen LogP contribution in [0, 0.1) is 0 Å². The third-order valence-corrected chi connectivity index (χ3v) is 5.18. The molecule has 0 aliphatic carbocycles. The summed E-state index contributed by atoms with van der Waals surface area (Å²) in [7, 11) is -1.40. The number of sulfonamides is 1. The highest BCUT2D eigenvalue weighted by atomic mass is 32.2. The summed E-state index contributed by atoms with van der Waals surface area (Å²) in [5.41, 5.74) is 0. The van der Waals surface area contributed by atoms with Crippen LogP contribution in [0.3, 0.4) is 0 Å². The average Bonchev–Trinajstić information content (AvgIpc) is 2.79. The van der Waals surface area contributed by atoms with E-state index in [1.165, 1.54) is 16.6 Å². The van der Waals surface area contributed by atoms with Crippen molar-refractivity contribution in [1.82, 2.24) is 19.4 Å². The van der Waals surface area contributed by atoms with Gasteiger partial charge in [-0.05, 0) is 27.0 Å². The standard InChI is InChI=1S/C10H18N4O2S/c1-8-6-14(7-9(2)13(8)3)17(15,16)10-4-5-11-12-10/h4-5,8-9H,6-7H2,1-3H3,(H,11,12). The molecular weight excluding hydrogens is 240 g/mol. The zero-order valence-corrected chi connectivity index (χ0v) is 11.1. The Morgan fingerprint density at radius 2 is 1.94 bits per heavy atom. The van der Waals surface area contributed by atoms with Crippen LogP contribution in [0.2, 0.25) is 0 Å². The van der Waals surface area contributed by atoms with E-state index in [1.54, 1.807) is 0 Å². The quantitative estimate of drug-likeness (QED) is 0.818. The van der Waals surface area contributed by atoms with Crippen LogP contribution in [0.25, 0.3) is 0 Å². The summed E-state index contributed by atoms with van der Waals surface area (Å²) in [5, 5.41) is 6.39. The van der Waals surface area contributed by atoms with E-state index < -0.39 is 10.0 Å². The highest BCUT2D eigenvalue weighted by Crippen LogP contribution is 2.20. The number of H-pyrrole nitrogens is 1. The van der Waals surface area contributed by atoms with Crippen LogP contribution < -0.4 is 0 Å². The second kappa shape index (κ2) is 4.40. The zero-order valence-electron chi connectivity index (χ0n) is 10.3. The Morgan fingerprint density at radius 1 is 1.35 bits per heavy atom. The Balaban J connectivity index is 2.24. The molecule has 1 aromatic heterocycles. The van der Waals surface area contributed by atoms with Gasteiger partial charge >= 0.3 is 0 Å². The average molecular weight is 258 g/mol. The van der Waals surface area contributed by atoms with Gasteiger partial charge in [0, 0.05) is 25.2 Å². The van der Waals surface area contributed by atoms with E-state index in [9.17, 15) is 8.42 Å². The van der Waals surface area contributed by atoms with Gasteiger partial charge in [-0.25, -0.2) is 8.42 Å². The van der Waals surface area contributed by atoms with Crippen molar-refractivity contribution < 1.29 is 8.42 Å². The van der Waals surface area contributed by atoms with Crippen molar-refractivity contribution in [2.75, 3.05) is 20.1 Å². The van der Waals surface area contributed by atoms with E-state index in [0.717, 1.165) is 0 Å². The lowest BCUT2D eigenvalue weighted by Gasteiger charge is -2.41. The first kappa shape index (κ1) is 12.5. The maximum absolute atomic E-state index is 12.3. The Morgan fingerprint density at radius 3 is 2.41 bits per heavy atom. The van der Waals surface area contributed by atoms with Gasteiger partial charge in [0.15, 0.2) is 5.03 Å². The molecule has 1 aliphatic rings. The van der Waals surface area contributed by atoms with Crippen molar-refractivity contribution in [3.8, 4) is 0 Å². The molecule has 1 aromatic rings. The second-order valence-corrected chi connectivity index (χ2v) is 6.51. The van der Waals surface area contributed by atoms with Crippen molar-refractivity contribution in [3.63, 3.8) is 0 Å².